The second-order valence-electron chi connectivity index (χ2n) is 9.33. The first-order chi connectivity index (χ1) is 17.6. The molecule has 6 nitrogen and oxygen atoms in total. The number of amides is 4. The van der Waals surface area contributed by atoms with Crippen molar-refractivity contribution in [1.82, 2.24) is 5.32 Å². The van der Waals surface area contributed by atoms with Crippen molar-refractivity contribution in [3.63, 3.8) is 0 Å². The first-order valence-electron chi connectivity index (χ1n) is 12.1. The Bertz CT molecular complexity index is 1440. The van der Waals surface area contributed by atoms with Crippen LogP contribution in [0.2, 0.25) is 5.02 Å². The second-order valence-corrected chi connectivity index (χ2v) is 9.74. The van der Waals surface area contributed by atoms with Gasteiger partial charge in [-0.15, -0.1) is 0 Å². The standard InChI is InChI=1S/C30H29ClN2O4/c1-6-37-27-16-22(15-25(31)23(27)13-21-10-18(3)9-19(4)11-21)14-24-28(34)32-30(36)33(29(24)35)26-12-17(2)7-8-20(26)5/h7-12,14-16H,6,13H2,1-5H3,(H,32,34,36)/b24-14+. The molecule has 1 saturated heterocycles. The maximum absolute atomic E-state index is 13.4. The zero-order valence-corrected chi connectivity index (χ0v) is 22.3. The number of hydrogen-bond acceptors (Lipinski definition) is 4. The molecule has 0 bridgehead atoms. The highest BCUT2D eigenvalue weighted by Crippen LogP contribution is 2.33. The first-order valence-corrected chi connectivity index (χ1v) is 12.5. The first kappa shape index (κ1) is 26.2. The number of halogens is 1. The second kappa shape index (κ2) is 10.6. The Morgan fingerprint density at radius 2 is 1.62 bits per heavy atom. The van der Waals surface area contributed by atoms with Gasteiger partial charge in [-0.3, -0.25) is 14.9 Å². The average molecular weight is 517 g/mol. The monoisotopic (exact) mass is 516 g/mol. The van der Waals surface area contributed by atoms with Crippen LogP contribution in [0.15, 0.2) is 54.1 Å². The number of aryl methyl sites for hydroxylation is 4. The number of carbonyl (C=O) groups is 3. The minimum atomic E-state index is -0.780. The predicted molar refractivity (Wildman–Crippen MR) is 146 cm³/mol. The molecular formula is C30H29ClN2O4. The summed E-state index contributed by atoms with van der Waals surface area (Å²) in [7, 11) is 0. The molecule has 0 aliphatic carbocycles. The molecule has 0 unspecified atom stereocenters. The Hall–Kier alpha value is -3.90. The molecule has 1 aliphatic rings. The molecule has 4 rings (SSSR count). The Labute approximate surface area is 221 Å². The summed E-state index contributed by atoms with van der Waals surface area (Å²) >= 11 is 6.72. The van der Waals surface area contributed by atoms with Crippen LogP contribution >= 0.6 is 11.6 Å². The topological polar surface area (TPSA) is 75.7 Å². The van der Waals surface area contributed by atoms with Crippen molar-refractivity contribution in [3.05, 3.63) is 98.1 Å². The fraction of sp³-hybridized carbons (Fsp3) is 0.233. The van der Waals surface area contributed by atoms with Gasteiger partial charge in [-0.05, 0) is 81.1 Å². The fourth-order valence-corrected chi connectivity index (χ4v) is 4.83. The van der Waals surface area contributed by atoms with E-state index in [1.54, 1.807) is 25.1 Å². The average Bonchev–Trinajstić information content (AvgIpc) is 2.80. The Balaban J connectivity index is 1.74. The molecule has 1 N–H and O–H groups in total. The zero-order valence-electron chi connectivity index (χ0n) is 21.6. The summed E-state index contributed by atoms with van der Waals surface area (Å²) in [5.74, 6) is -0.882. The third-order valence-electron chi connectivity index (χ3n) is 6.16. The highest BCUT2D eigenvalue weighted by molar-refractivity contribution is 6.39. The third-order valence-corrected chi connectivity index (χ3v) is 6.49. The summed E-state index contributed by atoms with van der Waals surface area (Å²) in [5, 5.41) is 2.74. The highest BCUT2D eigenvalue weighted by Gasteiger charge is 2.37. The van der Waals surface area contributed by atoms with E-state index in [2.05, 4.69) is 37.4 Å². The molecule has 7 heteroatoms. The van der Waals surface area contributed by atoms with Crippen LogP contribution in [-0.2, 0) is 16.0 Å². The summed E-state index contributed by atoms with van der Waals surface area (Å²) < 4.78 is 5.91. The number of nitrogens with zero attached hydrogens (tertiary/aromatic N) is 1. The maximum Gasteiger partial charge on any atom is 0.335 e. The number of barbiturate groups is 1. The van der Waals surface area contributed by atoms with Crippen molar-refractivity contribution in [1.29, 1.82) is 0 Å². The Morgan fingerprint density at radius 3 is 2.30 bits per heavy atom. The molecule has 3 aromatic carbocycles. The number of ether oxygens (including phenoxy) is 1. The molecule has 0 aromatic heterocycles. The molecule has 0 radical (unpaired) electrons. The van der Waals surface area contributed by atoms with Crippen molar-refractivity contribution in [2.24, 2.45) is 0 Å². The molecule has 1 aliphatic heterocycles. The fourth-order valence-electron chi connectivity index (χ4n) is 4.55. The lowest BCUT2D eigenvalue weighted by atomic mass is 9.98. The lowest BCUT2D eigenvalue weighted by Gasteiger charge is -2.28. The van der Waals surface area contributed by atoms with Crippen molar-refractivity contribution in [2.75, 3.05) is 11.5 Å². The van der Waals surface area contributed by atoms with E-state index in [0.717, 1.165) is 38.3 Å². The van der Waals surface area contributed by atoms with Crippen LogP contribution in [0.4, 0.5) is 10.5 Å². The smallest absolute Gasteiger partial charge is 0.335 e. The van der Waals surface area contributed by atoms with E-state index < -0.39 is 17.8 Å². The number of urea groups is 1. The van der Waals surface area contributed by atoms with E-state index in [-0.39, 0.29) is 5.57 Å². The van der Waals surface area contributed by atoms with Gasteiger partial charge in [0.25, 0.3) is 11.8 Å². The van der Waals surface area contributed by atoms with E-state index in [4.69, 9.17) is 16.3 Å². The van der Waals surface area contributed by atoms with Crippen molar-refractivity contribution >= 4 is 41.2 Å². The lowest BCUT2D eigenvalue weighted by Crippen LogP contribution is -2.54. The van der Waals surface area contributed by atoms with Crippen LogP contribution in [0, 0.1) is 27.7 Å². The van der Waals surface area contributed by atoms with Gasteiger partial charge in [0, 0.05) is 17.0 Å². The number of benzene rings is 3. The van der Waals surface area contributed by atoms with E-state index in [1.807, 2.05) is 26.0 Å². The van der Waals surface area contributed by atoms with Gasteiger partial charge >= 0.3 is 6.03 Å². The molecule has 0 atom stereocenters. The van der Waals surface area contributed by atoms with Crippen molar-refractivity contribution in [3.8, 4) is 5.75 Å². The molecule has 4 amide bonds. The molecule has 1 heterocycles. The minimum Gasteiger partial charge on any atom is -0.494 e. The summed E-state index contributed by atoms with van der Waals surface area (Å²) in [6, 6.07) is 14.5. The number of hydrogen-bond donors (Lipinski definition) is 1. The predicted octanol–water partition coefficient (Wildman–Crippen LogP) is 6.23. The number of nitrogens with one attached hydrogen (secondary N) is 1. The van der Waals surface area contributed by atoms with Crippen LogP contribution in [0.1, 0.15) is 45.9 Å². The largest absolute Gasteiger partial charge is 0.494 e. The van der Waals surface area contributed by atoms with Crippen LogP contribution in [0.3, 0.4) is 0 Å². The highest BCUT2D eigenvalue weighted by atomic mass is 35.5. The van der Waals surface area contributed by atoms with Crippen LogP contribution in [-0.4, -0.2) is 24.5 Å². The molecular weight excluding hydrogens is 488 g/mol. The summed E-state index contributed by atoms with van der Waals surface area (Å²) in [6.07, 6.45) is 2.01. The lowest BCUT2D eigenvalue weighted by molar-refractivity contribution is -0.122. The third kappa shape index (κ3) is 5.59. The Morgan fingerprint density at radius 1 is 0.919 bits per heavy atom. The van der Waals surface area contributed by atoms with Gasteiger partial charge in [0.05, 0.1) is 12.3 Å². The summed E-state index contributed by atoms with van der Waals surface area (Å²) in [4.78, 5) is 39.7. The van der Waals surface area contributed by atoms with Gasteiger partial charge in [-0.1, -0.05) is 53.1 Å². The molecule has 37 heavy (non-hydrogen) atoms. The minimum absolute atomic E-state index is 0.166. The van der Waals surface area contributed by atoms with E-state index in [1.165, 1.54) is 6.08 Å². The van der Waals surface area contributed by atoms with Crippen LogP contribution in [0.5, 0.6) is 5.75 Å². The number of anilines is 1. The number of imide groups is 2. The maximum atomic E-state index is 13.4. The van der Waals surface area contributed by atoms with E-state index in [0.29, 0.717) is 35.1 Å². The molecule has 3 aromatic rings. The molecule has 1 fully saturated rings. The van der Waals surface area contributed by atoms with E-state index in [9.17, 15) is 14.4 Å². The van der Waals surface area contributed by atoms with Gasteiger partial charge in [-0.2, -0.15) is 0 Å². The molecule has 190 valence electrons. The Kier molecular flexibility index (Phi) is 7.50. The van der Waals surface area contributed by atoms with Crippen LogP contribution in [0.25, 0.3) is 6.08 Å². The quantitative estimate of drug-likeness (QED) is 0.311. The normalized spacial score (nSPS) is 14.8. The number of carbonyl (C=O) groups excluding carboxylic acids is 3. The van der Waals surface area contributed by atoms with Gasteiger partial charge in [0.2, 0.25) is 0 Å². The van der Waals surface area contributed by atoms with Gasteiger partial charge in [-0.25, -0.2) is 9.69 Å². The van der Waals surface area contributed by atoms with Gasteiger partial charge in [0.15, 0.2) is 0 Å². The van der Waals surface area contributed by atoms with Crippen molar-refractivity contribution in [2.45, 2.75) is 41.0 Å². The van der Waals surface area contributed by atoms with Gasteiger partial charge < -0.3 is 4.74 Å². The SMILES string of the molecule is CCOc1cc(/C=C2\C(=O)NC(=O)N(c3cc(C)ccc3C)C2=O)cc(Cl)c1Cc1cc(C)cc(C)c1. The molecule has 0 saturated carbocycles. The number of rotatable bonds is 6. The summed E-state index contributed by atoms with van der Waals surface area (Å²) in [6.45, 7) is 10.1. The zero-order chi connectivity index (χ0) is 26.9. The van der Waals surface area contributed by atoms with Crippen LogP contribution < -0.4 is 15.0 Å². The summed E-state index contributed by atoms with van der Waals surface area (Å²) in [5.41, 5.74) is 6.66. The van der Waals surface area contributed by atoms with E-state index >= 15 is 0 Å². The van der Waals surface area contributed by atoms with Gasteiger partial charge in [0.1, 0.15) is 11.3 Å². The molecule has 0 spiro atoms. The van der Waals surface area contributed by atoms with Crippen molar-refractivity contribution < 1.29 is 19.1 Å².